The maximum Gasteiger partial charge on any atom is 0.206 e. The van der Waals surface area contributed by atoms with Gasteiger partial charge in [-0.25, -0.2) is 0 Å². The standard InChI is InChI=1S/C21H21N3O2S2/c25-19(17-10-8-16(9-11-17)15-5-2-1-3-6-15)14-27-21-24-23-20(28-21)22-13-18-7-4-12-26-18/h1-3,5-6,8-11,18H,4,7,12-14H2,(H,22,23). The smallest absolute Gasteiger partial charge is 0.206 e. The quantitative estimate of drug-likeness (QED) is 0.425. The fourth-order valence-corrected chi connectivity index (χ4v) is 4.69. The lowest BCUT2D eigenvalue weighted by molar-refractivity contribution is 0.102. The first-order chi connectivity index (χ1) is 13.8. The second kappa shape index (κ2) is 9.32. The average Bonchev–Trinajstić information content (AvgIpc) is 3.43. The second-order valence-corrected chi connectivity index (χ2v) is 8.74. The van der Waals surface area contributed by atoms with Gasteiger partial charge in [-0.05, 0) is 24.0 Å². The van der Waals surface area contributed by atoms with Crippen LogP contribution in [-0.4, -0.2) is 41.0 Å². The number of carbonyl (C=O) groups excluding carboxylic acids is 1. The van der Waals surface area contributed by atoms with E-state index in [9.17, 15) is 4.79 Å². The third-order valence-electron chi connectivity index (χ3n) is 4.55. The maximum atomic E-state index is 12.5. The highest BCUT2D eigenvalue weighted by atomic mass is 32.2. The Morgan fingerprint density at radius 3 is 2.64 bits per heavy atom. The van der Waals surface area contributed by atoms with Crippen molar-refractivity contribution in [3.63, 3.8) is 0 Å². The van der Waals surface area contributed by atoms with Crippen molar-refractivity contribution >= 4 is 34.0 Å². The first-order valence-electron chi connectivity index (χ1n) is 9.28. The lowest BCUT2D eigenvalue weighted by atomic mass is 10.0. The zero-order valence-corrected chi connectivity index (χ0v) is 17.0. The van der Waals surface area contributed by atoms with E-state index < -0.39 is 0 Å². The molecule has 28 heavy (non-hydrogen) atoms. The summed E-state index contributed by atoms with van der Waals surface area (Å²) in [6.45, 7) is 1.60. The number of hydrogen-bond acceptors (Lipinski definition) is 7. The zero-order valence-electron chi connectivity index (χ0n) is 15.3. The van der Waals surface area contributed by atoms with Gasteiger partial charge in [0.05, 0.1) is 11.9 Å². The number of carbonyl (C=O) groups is 1. The molecule has 0 spiro atoms. The van der Waals surface area contributed by atoms with E-state index in [0.717, 1.165) is 46.6 Å². The number of Topliss-reactive ketones (excluding diaryl/α,β-unsaturated/α-hetero) is 1. The number of aromatic nitrogens is 2. The molecule has 0 radical (unpaired) electrons. The van der Waals surface area contributed by atoms with Crippen molar-refractivity contribution < 1.29 is 9.53 Å². The topological polar surface area (TPSA) is 64.1 Å². The van der Waals surface area contributed by atoms with Gasteiger partial charge in [0.2, 0.25) is 5.13 Å². The fraction of sp³-hybridized carbons (Fsp3) is 0.286. The van der Waals surface area contributed by atoms with Gasteiger partial charge in [0.1, 0.15) is 0 Å². The lowest BCUT2D eigenvalue weighted by Crippen LogP contribution is -2.18. The fourth-order valence-electron chi connectivity index (χ4n) is 3.04. The SMILES string of the molecule is O=C(CSc1nnc(NCC2CCCO2)s1)c1ccc(-c2ccccc2)cc1. The monoisotopic (exact) mass is 411 g/mol. The summed E-state index contributed by atoms with van der Waals surface area (Å²) < 4.78 is 6.39. The molecule has 2 heterocycles. The Bertz CT molecular complexity index is 907. The summed E-state index contributed by atoms with van der Waals surface area (Å²) in [5.41, 5.74) is 2.97. The summed E-state index contributed by atoms with van der Waals surface area (Å²) in [7, 11) is 0. The molecule has 5 nitrogen and oxygen atoms in total. The van der Waals surface area contributed by atoms with E-state index in [-0.39, 0.29) is 11.9 Å². The number of benzene rings is 2. The molecule has 4 rings (SSSR count). The van der Waals surface area contributed by atoms with Crippen LogP contribution in [0.5, 0.6) is 0 Å². The average molecular weight is 412 g/mol. The van der Waals surface area contributed by atoms with Gasteiger partial charge in [0.15, 0.2) is 10.1 Å². The summed E-state index contributed by atoms with van der Waals surface area (Å²) >= 11 is 2.90. The van der Waals surface area contributed by atoms with Crippen LogP contribution in [0, 0.1) is 0 Å². The summed E-state index contributed by atoms with van der Waals surface area (Å²) in [6, 6.07) is 17.9. The maximum absolute atomic E-state index is 12.5. The third-order valence-corrected chi connectivity index (χ3v) is 6.57. The number of ether oxygens (including phenoxy) is 1. The van der Waals surface area contributed by atoms with Gasteiger partial charge < -0.3 is 10.1 Å². The van der Waals surface area contributed by atoms with E-state index in [2.05, 4.69) is 27.6 Å². The molecule has 1 N–H and O–H groups in total. The van der Waals surface area contributed by atoms with Crippen molar-refractivity contribution in [2.24, 2.45) is 0 Å². The Morgan fingerprint density at radius 2 is 1.89 bits per heavy atom. The van der Waals surface area contributed by atoms with Crippen molar-refractivity contribution in [1.29, 1.82) is 0 Å². The first kappa shape index (κ1) is 19.1. The summed E-state index contributed by atoms with van der Waals surface area (Å²) in [4.78, 5) is 12.5. The van der Waals surface area contributed by atoms with E-state index in [4.69, 9.17) is 4.74 Å². The highest BCUT2D eigenvalue weighted by Gasteiger charge is 2.16. The van der Waals surface area contributed by atoms with Crippen LogP contribution in [0.4, 0.5) is 5.13 Å². The number of rotatable bonds is 8. The van der Waals surface area contributed by atoms with E-state index in [0.29, 0.717) is 11.3 Å². The molecule has 1 unspecified atom stereocenters. The second-order valence-electron chi connectivity index (χ2n) is 6.54. The Balaban J connectivity index is 1.28. The van der Waals surface area contributed by atoms with E-state index >= 15 is 0 Å². The predicted octanol–water partition coefficient (Wildman–Crippen LogP) is 4.77. The molecule has 1 aliphatic heterocycles. The summed E-state index contributed by atoms with van der Waals surface area (Å²) in [5.74, 6) is 0.444. The van der Waals surface area contributed by atoms with Crippen LogP contribution >= 0.6 is 23.1 Å². The highest BCUT2D eigenvalue weighted by Crippen LogP contribution is 2.27. The van der Waals surface area contributed by atoms with E-state index in [1.54, 1.807) is 0 Å². The molecule has 1 fully saturated rings. The Hall–Kier alpha value is -2.22. The highest BCUT2D eigenvalue weighted by molar-refractivity contribution is 8.01. The third kappa shape index (κ3) is 4.98. The molecular formula is C21H21N3O2S2. The Kier molecular flexibility index (Phi) is 6.36. The molecule has 0 saturated carbocycles. The van der Waals surface area contributed by atoms with Crippen LogP contribution in [-0.2, 0) is 4.74 Å². The van der Waals surface area contributed by atoms with E-state index in [1.165, 1.54) is 23.1 Å². The van der Waals surface area contributed by atoms with Crippen molar-refractivity contribution in [3.8, 4) is 11.1 Å². The lowest BCUT2D eigenvalue weighted by Gasteiger charge is -2.08. The molecule has 0 amide bonds. The van der Waals surface area contributed by atoms with Crippen LogP contribution < -0.4 is 5.32 Å². The molecule has 0 bridgehead atoms. The van der Waals surface area contributed by atoms with Gasteiger partial charge in [0, 0.05) is 18.7 Å². The van der Waals surface area contributed by atoms with Crippen LogP contribution in [0.25, 0.3) is 11.1 Å². The van der Waals surface area contributed by atoms with Crippen LogP contribution in [0.15, 0.2) is 58.9 Å². The number of ketones is 1. The summed E-state index contributed by atoms with van der Waals surface area (Å²) in [5, 5.41) is 12.3. The number of anilines is 1. The van der Waals surface area contributed by atoms with Gasteiger partial charge in [-0.3, -0.25) is 4.79 Å². The molecule has 1 aromatic heterocycles. The Labute approximate surface area is 172 Å². The van der Waals surface area contributed by atoms with Gasteiger partial charge in [-0.15, -0.1) is 10.2 Å². The first-order valence-corrected chi connectivity index (χ1v) is 11.1. The normalized spacial score (nSPS) is 16.2. The van der Waals surface area contributed by atoms with Gasteiger partial charge in [0.25, 0.3) is 0 Å². The summed E-state index contributed by atoms with van der Waals surface area (Å²) in [6.07, 6.45) is 2.48. The van der Waals surface area contributed by atoms with Gasteiger partial charge in [-0.2, -0.15) is 0 Å². The molecule has 2 aromatic carbocycles. The van der Waals surface area contributed by atoms with E-state index in [1.807, 2.05) is 42.5 Å². The van der Waals surface area contributed by atoms with Crippen molar-refractivity contribution in [2.45, 2.75) is 23.3 Å². The number of hydrogen-bond donors (Lipinski definition) is 1. The van der Waals surface area contributed by atoms with Gasteiger partial charge >= 0.3 is 0 Å². The number of thioether (sulfide) groups is 1. The van der Waals surface area contributed by atoms with Crippen LogP contribution in [0.3, 0.4) is 0 Å². The molecule has 1 saturated heterocycles. The Morgan fingerprint density at radius 1 is 1.11 bits per heavy atom. The minimum absolute atomic E-state index is 0.0914. The largest absolute Gasteiger partial charge is 0.376 e. The van der Waals surface area contributed by atoms with Gasteiger partial charge in [-0.1, -0.05) is 77.7 Å². The number of nitrogens with zero attached hydrogens (tertiary/aromatic N) is 2. The molecule has 3 aromatic rings. The molecular weight excluding hydrogens is 390 g/mol. The van der Waals surface area contributed by atoms with Crippen LogP contribution in [0.1, 0.15) is 23.2 Å². The molecule has 1 atom stereocenters. The van der Waals surface area contributed by atoms with Crippen molar-refractivity contribution in [3.05, 3.63) is 60.2 Å². The minimum atomic E-state index is 0.0914. The van der Waals surface area contributed by atoms with Crippen molar-refractivity contribution in [1.82, 2.24) is 10.2 Å². The molecule has 0 aliphatic carbocycles. The van der Waals surface area contributed by atoms with Crippen molar-refractivity contribution in [2.75, 3.05) is 24.2 Å². The molecule has 144 valence electrons. The molecule has 1 aliphatic rings. The minimum Gasteiger partial charge on any atom is -0.376 e. The molecule has 7 heteroatoms. The number of nitrogens with one attached hydrogen (secondary N) is 1. The predicted molar refractivity (Wildman–Crippen MR) is 114 cm³/mol. The van der Waals surface area contributed by atoms with Crippen LogP contribution in [0.2, 0.25) is 0 Å². The zero-order chi connectivity index (χ0) is 19.2.